The lowest BCUT2D eigenvalue weighted by Crippen LogP contribution is -2.26. The summed E-state index contributed by atoms with van der Waals surface area (Å²) in [5, 5.41) is 9.10. The van der Waals surface area contributed by atoms with Crippen LogP contribution in [0.4, 0.5) is 0 Å². The van der Waals surface area contributed by atoms with Crippen molar-refractivity contribution in [2.75, 3.05) is 0 Å². The second kappa shape index (κ2) is 5.53. The van der Waals surface area contributed by atoms with E-state index in [1.165, 1.54) is 10.4 Å². The highest BCUT2D eigenvalue weighted by Crippen LogP contribution is 2.32. The fourth-order valence-electron chi connectivity index (χ4n) is 2.46. The van der Waals surface area contributed by atoms with E-state index in [-0.39, 0.29) is 11.5 Å². The molecule has 21 heavy (non-hydrogen) atoms. The fraction of sp³-hybridized carbons (Fsp3) is 0.200. The van der Waals surface area contributed by atoms with Gasteiger partial charge in [0, 0.05) is 17.6 Å². The van der Waals surface area contributed by atoms with Gasteiger partial charge in [-0.2, -0.15) is 4.31 Å². The van der Waals surface area contributed by atoms with Crippen molar-refractivity contribution in [3.8, 4) is 0 Å². The average Bonchev–Trinajstić information content (AvgIpc) is 2.91. The molecule has 0 saturated heterocycles. The van der Waals surface area contributed by atoms with E-state index in [4.69, 9.17) is 5.11 Å². The molecule has 3 rings (SSSR count). The zero-order chi connectivity index (χ0) is 15.0. The average molecular weight is 368 g/mol. The third kappa shape index (κ3) is 2.64. The summed E-state index contributed by atoms with van der Waals surface area (Å²) in [6, 6.07) is 12.5. The molecule has 110 valence electrons. The van der Waals surface area contributed by atoms with Gasteiger partial charge in [-0.3, -0.25) is 0 Å². The molecular formula is C15H14BrNO3S. The lowest BCUT2D eigenvalue weighted by atomic mass is 10.1. The minimum absolute atomic E-state index is 0.117. The van der Waals surface area contributed by atoms with Crippen LogP contribution in [0.5, 0.6) is 0 Å². The van der Waals surface area contributed by atoms with Crippen LogP contribution in [-0.2, 0) is 29.7 Å². The van der Waals surface area contributed by atoms with Gasteiger partial charge in [0.2, 0.25) is 10.0 Å². The van der Waals surface area contributed by atoms with Gasteiger partial charge in [-0.25, -0.2) is 8.42 Å². The molecule has 1 N–H and O–H groups in total. The fourth-order valence-corrected chi connectivity index (χ4v) is 4.94. The Balaban J connectivity index is 1.96. The van der Waals surface area contributed by atoms with Gasteiger partial charge in [-0.05, 0) is 44.8 Å². The van der Waals surface area contributed by atoms with E-state index in [0.29, 0.717) is 23.1 Å². The topological polar surface area (TPSA) is 57.6 Å². The highest BCUT2D eigenvalue weighted by atomic mass is 79.9. The highest BCUT2D eigenvalue weighted by Gasteiger charge is 2.31. The number of rotatable bonds is 3. The minimum Gasteiger partial charge on any atom is -0.392 e. The van der Waals surface area contributed by atoms with Crippen molar-refractivity contribution in [3.63, 3.8) is 0 Å². The molecule has 0 amide bonds. The van der Waals surface area contributed by atoms with Crippen LogP contribution in [0.1, 0.15) is 16.7 Å². The summed E-state index contributed by atoms with van der Waals surface area (Å²) in [7, 11) is -3.56. The zero-order valence-electron chi connectivity index (χ0n) is 11.2. The molecule has 6 heteroatoms. The van der Waals surface area contributed by atoms with Crippen molar-refractivity contribution in [1.29, 1.82) is 0 Å². The predicted molar refractivity (Wildman–Crippen MR) is 82.9 cm³/mol. The molecule has 0 radical (unpaired) electrons. The molecule has 1 aliphatic rings. The number of aliphatic hydroxyl groups is 1. The summed E-state index contributed by atoms with van der Waals surface area (Å²) in [6.07, 6.45) is 0. The van der Waals surface area contributed by atoms with Gasteiger partial charge in [-0.1, -0.05) is 30.3 Å². The first-order valence-electron chi connectivity index (χ1n) is 6.48. The van der Waals surface area contributed by atoms with Crippen molar-refractivity contribution in [3.05, 3.63) is 63.6 Å². The first-order valence-corrected chi connectivity index (χ1v) is 8.72. The summed E-state index contributed by atoms with van der Waals surface area (Å²) in [5.74, 6) is 0. The van der Waals surface area contributed by atoms with Crippen molar-refractivity contribution in [2.45, 2.75) is 24.6 Å². The van der Waals surface area contributed by atoms with Gasteiger partial charge in [0.05, 0.1) is 11.5 Å². The monoisotopic (exact) mass is 367 g/mol. The number of hydrogen-bond donors (Lipinski definition) is 1. The lowest BCUT2D eigenvalue weighted by Gasteiger charge is -2.17. The Morgan fingerprint density at radius 3 is 2.24 bits per heavy atom. The molecule has 4 nitrogen and oxygen atoms in total. The van der Waals surface area contributed by atoms with Crippen LogP contribution in [0.2, 0.25) is 0 Å². The minimum atomic E-state index is -3.56. The maximum atomic E-state index is 12.8. The van der Waals surface area contributed by atoms with Gasteiger partial charge in [0.1, 0.15) is 0 Å². The molecule has 1 aliphatic heterocycles. The highest BCUT2D eigenvalue weighted by molar-refractivity contribution is 9.10. The summed E-state index contributed by atoms with van der Waals surface area (Å²) >= 11 is 3.29. The van der Waals surface area contributed by atoms with E-state index in [0.717, 1.165) is 11.1 Å². The van der Waals surface area contributed by atoms with Crippen molar-refractivity contribution < 1.29 is 13.5 Å². The zero-order valence-corrected chi connectivity index (χ0v) is 13.6. The molecule has 0 bridgehead atoms. The van der Waals surface area contributed by atoms with Gasteiger partial charge in [0.25, 0.3) is 0 Å². The first-order chi connectivity index (χ1) is 10.0. The molecule has 2 aromatic carbocycles. The first kappa shape index (κ1) is 14.7. The Bertz CT molecular complexity index is 764. The molecule has 1 heterocycles. The molecule has 2 aromatic rings. The van der Waals surface area contributed by atoms with Gasteiger partial charge in [-0.15, -0.1) is 0 Å². The Labute approximate surface area is 132 Å². The van der Waals surface area contributed by atoms with Crippen LogP contribution < -0.4 is 0 Å². The van der Waals surface area contributed by atoms with Gasteiger partial charge in [0.15, 0.2) is 0 Å². The summed E-state index contributed by atoms with van der Waals surface area (Å²) in [5.41, 5.74) is 2.76. The molecular weight excluding hydrogens is 354 g/mol. The second-order valence-electron chi connectivity index (χ2n) is 4.96. The van der Waals surface area contributed by atoms with Crippen LogP contribution >= 0.6 is 15.9 Å². The van der Waals surface area contributed by atoms with Crippen molar-refractivity contribution in [1.82, 2.24) is 4.31 Å². The predicted octanol–water partition coefficient (Wildman–Crippen LogP) is 2.65. The van der Waals surface area contributed by atoms with Gasteiger partial charge >= 0.3 is 0 Å². The maximum absolute atomic E-state index is 12.8. The summed E-state index contributed by atoms with van der Waals surface area (Å²) in [4.78, 5) is 0.229. The standard InChI is InChI=1S/C15H14BrNO3S/c16-14-7-11(10-18)5-6-15(14)21(19,20)17-8-12-3-1-2-4-13(12)9-17/h1-7,18H,8-10H2. The summed E-state index contributed by atoms with van der Waals surface area (Å²) < 4.78 is 27.5. The van der Waals surface area contributed by atoms with Crippen LogP contribution in [0.15, 0.2) is 51.8 Å². The Morgan fingerprint density at radius 1 is 1.10 bits per heavy atom. The van der Waals surface area contributed by atoms with Crippen LogP contribution in [0.3, 0.4) is 0 Å². The number of benzene rings is 2. The van der Waals surface area contributed by atoms with Crippen LogP contribution in [0, 0.1) is 0 Å². The SMILES string of the molecule is O=S(=O)(c1ccc(CO)cc1Br)N1Cc2ccccc2C1. The Kier molecular flexibility index (Phi) is 3.88. The van der Waals surface area contributed by atoms with E-state index in [9.17, 15) is 8.42 Å². The molecule has 0 fully saturated rings. The number of fused-ring (bicyclic) bond motifs is 1. The largest absolute Gasteiger partial charge is 0.392 e. The number of aliphatic hydroxyl groups excluding tert-OH is 1. The smallest absolute Gasteiger partial charge is 0.244 e. The van der Waals surface area contributed by atoms with E-state index < -0.39 is 10.0 Å². The molecule has 0 spiro atoms. The normalized spacial score (nSPS) is 15.1. The van der Waals surface area contributed by atoms with Gasteiger partial charge < -0.3 is 5.11 Å². The van der Waals surface area contributed by atoms with Crippen LogP contribution in [0.25, 0.3) is 0 Å². The van der Waals surface area contributed by atoms with E-state index >= 15 is 0 Å². The third-order valence-corrected chi connectivity index (χ3v) is 6.38. The van der Waals surface area contributed by atoms with E-state index in [1.807, 2.05) is 24.3 Å². The van der Waals surface area contributed by atoms with Crippen molar-refractivity contribution in [2.24, 2.45) is 0 Å². The van der Waals surface area contributed by atoms with Crippen LogP contribution in [-0.4, -0.2) is 17.8 Å². The quantitative estimate of drug-likeness (QED) is 0.906. The lowest BCUT2D eigenvalue weighted by molar-refractivity contribution is 0.281. The Morgan fingerprint density at radius 2 is 1.71 bits per heavy atom. The molecule has 0 atom stereocenters. The number of halogens is 1. The molecule has 0 unspecified atom stereocenters. The maximum Gasteiger partial charge on any atom is 0.244 e. The number of hydrogen-bond acceptors (Lipinski definition) is 3. The van der Waals surface area contributed by atoms with Crippen molar-refractivity contribution >= 4 is 26.0 Å². The Hall–Kier alpha value is -1.21. The third-order valence-electron chi connectivity index (χ3n) is 3.61. The molecule has 0 saturated carbocycles. The molecule has 0 aromatic heterocycles. The van der Waals surface area contributed by atoms with E-state index in [1.54, 1.807) is 12.1 Å². The summed E-state index contributed by atoms with van der Waals surface area (Å²) in [6.45, 7) is 0.674. The second-order valence-corrected chi connectivity index (χ2v) is 7.73. The molecule has 0 aliphatic carbocycles. The number of nitrogens with zero attached hydrogens (tertiary/aromatic N) is 1. The van der Waals surface area contributed by atoms with E-state index in [2.05, 4.69) is 15.9 Å². The number of sulfonamides is 1.